The lowest BCUT2D eigenvalue weighted by Gasteiger charge is -2.18. The molecule has 0 radical (unpaired) electrons. The molecule has 0 saturated carbocycles. The van der Waals surface area contributed by atoms with E-state index in [4.69, 9.17) is 0 Å². The number of carbonyl (C=O) groups excluding carboxylic acids is 2. The topological polar surface area (TPSA) is 58.2 Å². The van der Waals surface area contributed by atoms with Crippen molar-refractivity contribution < 1.29 is 18.4 Å². The van der Waals surface area contributed by atoms with E-state index in [1.807, 2.05) is 0 Å². The summed E-state index contributed by atoms with van der Waals surface area (Å²) in [5.41, 5.74) is 0.254. The number of hydrogen-bond acceptors (Lipinski definition) is 2. The molecule has 2 amide bonds. The van der Waals surface area contributed by atoms with Crippen molar-refractivity contribution in [2.45, 2.75) is 27.2 Å². The van der Waals surface area contributed by atoms with Gasteiger partial charge in [0, 0.05) is 28.8 Å². The molecule has 6 heteroatoms. The number of hydrogen-bond donors (Lipinski definition) is 2. The lowest BCUT2D eigenvalue weighted by atomic mass is 9.95. The van der Waals surface area contributed by atoms with E-state index in [0.29, 0.717) is 11.3 Å². The van der Waals surface area contributed by atoms with Crippen molar-refractivity contribution in [1.82, 2.24) is 5.32 Å². The van der Waals surface area contributed by atoms with Crippen molar-refractivity contribution in [3.05, 3.63) is 65.2 Å². The van der Waals surface area contributed by atoms with Gasteiger partial charge in [0.05, 0.1) is 0 Å². The van der Waals surface area contributed by atoms with Crippen LogP contribution in [0.5, 0.6) is 0 Å². The summed E-state index contributed by atoms with van der Waals surface area (Å²) in [5, 5.41) is 5.38. The minimum atomic E-state index is -0.633. The third-order valence-electron chi connectivity index (χ3n) is 3.79. The highest BCUT2D eigenvalue weighted by Crippen LogP contribution is 2.18. The van der Waals surface area contributed by atoms with Gasteiger partial charge < -0.3 is 10.6 Å². The van der Waals surface area contributed by atoms with E-state index in [2.05, 4.69) is 10.6 Å². The fourth-order valence-corrected chi connectivity index (χ4v) is 2.23. The number of carbonyl (C=O) groups is 2. The fraction of sp³-hybridized carbons (Fsp3) is 0.300. The third-order valence-corrected chi connectivity index (χ3v) is 3.79. The first-order chi connectivity index (χ1) is 12.2. The molecule has 0 aliphatic carbocycles. The average molecular weight is 360 g/mol. The number of halogens is 2. The van der Waals surface area contributed by atoms with Crippen molar-refractivity contribution in [3.8, 4) is 0 Å². The van der Waals surface area contributed by atoms with Gasteiger partial charge in [0.1, 0.15) is 11.6 Å². The summed E-state index contributed by atoms with van der Waals surface area (Å²) in [6, 6.07) is 10.2. The second-order valence-electron chi connectivity index (χ2n) is 6.99. The SMILES string of the molecule is CC(C)(C)C(=O)Nc1cccc(C(=O)NCCc2c(F)cccc2F)c1. The fourth-order valence-electron chi connectivity index (χ4n) is 2.23. The number of amides is 2. The molecule has 0 aromatic heterocycles. The maximum Gasteiger partial charge on any atom is 0.251 e. The van der Waals surface area contributed by atoms with Gasteiger partial charge in [-0.1, -0.05) is 32.9 Å². The molecule has 2 aromatic rings. The Bertz CT molecular complexity index is 793. The monoisotopic (exact) mass is 360 g/mol. The maximum absolute atomic E-state index is 13.6. The van der Waals surface area contributed by atoms with Gasteiger partial charge in [-0.2, -0.15) is 0 Å². The second kappa shape index (κ2) is 8.08. The van der Waals surface area contributed by atoms with Crippen LogP contribution in [0, 0.1) is 17.0 Å². The molecular weight excluding hydrogens is 338 g/mol. The Labute approximate surface area is 151 Å². The normalized spacial score (nSPS) is 11.1. The van der Waals surface area contributed by atoms with E-state index in [-0.39, 0.29) is 30.3 Å². The van der Waals surface area contributed by atoms with Crippen LogP contribution < -0.4 is 10.6 Å². The van der Waals surface area contributed by atoms with Crippen molar-refractivity contribution in [2.24, 2.45) is 5.41 Å². The second-order valence-corrected chi connectivity index (χ2v) is 6.99. The molecule has 0 unspecified atom stereocenters. The molecular formula is C20H22F2N2O2. The zero-order chi connectivity index (χ0) is 19.3. The summed E-state index contributed by atoms with van der Waals surface area (Å²) < 4.78 is 27.2. The van der Waals surface area contributed by atoms with Crippen molar-refractivity contribution in [2.75, 3.05) is 11.9 Å². The summed E-state index contributed by atoms with van der Waals surface area (Å²) in [5.74, 6) is -1.81. The highest BCUT2D eigenvalue weighted by Gasteiger charge is 2.21. The molecule has 2 N–H and O–H groups in total. The Balaban J connectivity index is 1.97. The Morgan fingerprint density at radius 1 is 1.00 bits per heavy atom. The zero-order valence-corrected chi connectivity index (χ0v) is 15.0. The van der Waals surface area contributed by atoms with Crippen LogP contribution in [-0.4, -0.2) is 18.4 Å². The molecule has 2 rings (SSSR count). The number of anilines is 1. The molecule has 0 saturated heterocycles. The Morgan fingerprint density at radius 3 is 2.23 bits per heavy atom. The largest absolute Gasteiger partial charge is 0.352 e. The summed E-state index contributed by atoms with van der Waals surface area (Å²) in [6.07, 6.45) is 0.0463. The molecule has 2 aromatic carbocycles. The van der Waals surface area contributed by atoms with Crippen LogP contribution in [0.25, 0.3) is 0 Å². The predicted molar refractivity (Wildman–Crippen MR) is 96.9 cm³/mol. The van der Waals surface area contributed by atoms with Gasteiger partial charge in [0.15, 0.2) is 0 Å². The standard InChI is InChI=1S/C20H22F2N2O2/c1-20(2,3)19(26)24-14-7-4-6-13(12-14)18(25)23-11-10-15-16(21)8-5-9-17(15)22/h4-9,12H,10-11H2,1-3H3,(H,23,25)(H,24,26). The van der Waals surface area contributed by atoms with Crippen LogP contribution in [0.3, 0.4) is 0 Å². The molecule has 4 nitrogen and oxygen atoms in total. The summed E-state index contributed by atoms with van der Waals surface area (Å²) in [6.45, 7) is 5.47. The molecule has 138 valence electrons. The van der Waals surface area contributed by atoms with Crippen LogP contribution >= 0.6 is 0 Å². The molecule has 0 aliphatic rings. The van der Waals surface area contributed by atoms with Gasteiger partial charge >= 0.3 is 0 Å². The zero-order valence-electron chi connectivity index (χ0n) is 15.0. The molecule has 26 heavy (non-hydrogen) atoms. The number of rotatable bonds is 5. The predicted octanol–water partition coefficient (Wildman–Crippen LogP) is 3.92. The first-order valence-corrected chi connectivity index (χ1v) is 8.31. The first-order valence-electron chi connectivity index (χ1n) is 8.31. The molecule has 0 aliphatic heterocycles. The van der Waals surface area contributed by atoms with Crippen molar-refractivity contribution in [1.29, 1.82) is 0 Å². The number of benzene rings is 2. The lowest BCUT2D eigenvalue weighted by Crippen LogP contribution is -2.28. The van der Waals surface area contributed by atoms with Gasteiger partial charge in [-0.15, -0.1) is 0 Å². The van der Waals surface area contributed by atoms with E-state index >= 15 is 0 Å². The maximum atomic E-state index is 13.6. The van der Waals surface area contributed by atoms with E-state index in [9.17, 15) is 18.4 Å². The summed E-state index contributed by atoms with van der Waals surface area (Å²) in [4.78, 5) is 24.3. The van der Waals surface area contributed by atoms with Gasteiger partial charge in [0.2, 0.25) is 5.91 Å². The molecule has 0 fully saturated rings. The summed E-state index contributed by atoms with van der Waals surface area (Å²) in [7, 11) is 0. The Kier molecular flexibility index (Phi) is 6.08. The van der Waals surface area contributed by atoms with Gasteiger partial charge in [-0.05, 0) is 36.8 Å². The average Bonchev–Trinajstić information content (AvgIpc) is 2.56. The third kappa shape index (κ3) is 5.12. The number of nitrogens with one attached hydrogen (secondary N) is 2. The molecule has 0 heterocycles. The summed E-state index contributed by atoms with van der Waals surface area (Å²) >= 11 is 0. The lowest BCUT2D eigenvalue weighted by molar-refractivity contribution is -0.123. The van der Waals surface area contributed by atoms with Gasteiger partial charge in [-0.3, -0.25) is 9.59 Å². The molecule has 0 spiro atoms. The van der Waals surface area contributed by atoms with Gasteiger partial charge in [0.25, 0.3) is 5.91 Å². The smallest absolute Gasteiger partial charge is 0.251 e. The van der Waals surface area contributed by atoms with Crippen molar-refractivity contribution >= 4 is 17.5 Å². The van der Waals surface area contributed by atoms with E-state index in [1.165, 1.54) is 18.2 Å². The molecule has 0 bridgehead atoms. The van der Waals surface area contributed by atoms with Crippen LogP contribution in [0.4, 0.5) is 14.5 Å². The first kappa shape index (κ1) is 19.6. The van der Waals surface area contributed by atoms with Crippen molar-refractivity contribution in [3.63, 3.8) is 0 Å². The minimum absolute atomic E-state index is 0.0463. The Hall–Kier alpha value is -2.76. The van der Waals surface area contributed by atoms with Gasteiger partial charge in [-0.25, -0.2) is 8.78 Å². The quantitative estimate of drug-likeness (QED) is 0.849. The van der Waals surface area contributed by atoms with Crippen LogP contribution in [0.15, 0.2) is 42.5 Å². The van der Waals surface area contributed by atoms with Crippen LogP contribution in [-0.2, 0) is 11.2 Å². The van der Waals surface area contributed by atoms with Crippen LogP contribution in [0.2, 0.25) is 0 Å². The van der Waals surface area contributed by atoms with Crippen LogP contribution in [0.1, 0.15) is 36.7 Å². The van der Waals surface area contributed by atoms with E-state index in [1.54, 1.807) is 45.0 Å². The highest BCUT2D eigenvalue weighted by atomic mass is 19.1. The van der Waals surface area contributed by atoms with E-state index < -0.39 is 17.0 Å². The van der Waals surface area contributed by atoms with E-state index in [0.717, 1.165) is 0 Å². The minimum Gasteiger partial charge on any atom is -0.352 e. The highest BCUT2D eigenvalue weighted by molar-refractivity contribution is 5.98. The molecule has 0 atom stereocenters. The Morgan fingerprint density at radius 2 is 1.62 bits per heavy atom.